The fourth-order valence-corrected chi connectivity index (χ4v) is 5.89. The fourth-order valence-electron chi connectivity index (χ4n) is 5.43. The molecule has 2 aromatic rings. The zero-order chi connectivity index (χ0) is 31.9. The lowest BCUT2D eigenvalue weighted by molar-refractivity contribution is -0.138. The smallest absolute Gasteiger partial charge is 0.416 e. The molecule has 1 saturated heterocycles. The number of fused-ring (bicyclic) bond motifs is 1. The number of anilines is 1. The SMILES string of the molecule is COC(=O)C1=C(C)N(c2cccc(C(F)(F)F)c2)C2(C)NN(CCCN(C)S(C)(=O)=O)C(=O)N2C1c1ccc(C#N)cc1. The molecule has 0 saturated carbocycles. The summed E-state index contributed by atoms with van der Waals surface area (Å²) in [5, 5.41) is 10.5. The van der Waals surface area contributed by atoms with Crippen molar-refractivity contribution in [3.05, 3.63) is 76.5 Å². The molecular weight excluding hydrogens is 589 g/mol. The van der Waals surface area contributed by atoms with E-state index in [1.54, 1.807) is 26.0 Å². The standard InChI is InChI=1S/C28H31F3N6O5S/c1-18-23(25(38)42-4)24(20-12-10-19(17-32)11-13-20)37-26(39)35(15-7-14-34(3)43(5,40)41)33-27(37,2)36(18)22-9-6-8-21(16-22)28(29,30)31/h6,8-13,16,24,33H,7,14-15H2,1-5H3. The van der Waals surface area contributed by atoms with Gasteiger partial charge in [0.25, 0.3) is 0 Å². The van der Waals surface area contributed by atoms with Crippen molar-refractivity contribution in [3.63, 3.8) is 0 Å². The van der Waals surface area contributed by atoms with Gasteiger partial charge in [0.05, 0.1) is 42.2 Å². The molecule has 2 aliphatic rings. The van der Waals surface area contributed by atoms with E-state index in [2.05, 4.69) is 5.43 Å². The third kappa shape index (κ3) is 5.90. The minimum absolute atomic E-state index is 0.0101. The summed E-state index contributed by atoms with van der Waals surface area (Å²) in [4.78, 5) is 30.2. The Balaban J connectivity index is 1.89. The highest BCUT2D eigenvalue weighted by Gasteiger charge is 2.59. The molecule has 2 amide bonds. The lowest BCUT2D eigenvalue weighted by atomic mass is 9.90. The number of alkyl halides is 3. The second kappa shape index (κ2) is 11.5. The summed E-state index contributed by atoms with van der Waals surface area (Å²) in [6, 6.07) is 11.1. The van der Waals surface area contributed by atoms with E-state index in [-0.39, 0.29) is 36.5 Å². The topological polar surface area (TPSA) is 126 Å². The number of carbonyl (C=O) groups excluding carboxylic acids is 2. The van der Waals surface area contributed by atoms with Gasteiger partial charge >= 0.3 is 18.2 Å². The number of nitriles is 1. The van der Waals surface area contributed by atoms with Crippen LogP contribution in [0, 0.1) is 11.3 Å². The van der Waals surface area contributed by atoms with E-state index in [1.165, 1.54) is 46.1 Å². The molecule has 1 fully saturated rings. The molecule has 2 aliphatic heterocycles. The molecule has 2 unspecified atom stereocenters. The number of carbonyl (C=O) groups is 2. The van der Waals surface area contributed by atoms with Crippen LogP contribution in [0.2, 0.25) is 0 Å². The van der Waals surface area contributed by atoms with E-state index >= 15 is 0 Å². The number of urea groups is 1. The number of rotatable bonds is 8. The number of benzene rings is 2. The summed E-state index contributed by atoms with van der Waals surface area (Å²) in [5.74, 6) is -2.34. The van der Waals surface area contributed by atoms with Crippen LogP contribution in [0.1, 0.15) is 43.0 Å². The Bertz CT molecular complexity index is 1610. The Morgan fingerprint density at radius 2 is 1.86 bits per heavy atom. The van der Waals surface area contributed by atoms with Gasteiger partial charge in [0.2, 0.25) is 10.0 Å². The Morgan fingerprint density at radius 3 is 2.42 bits per heavy atom. The first kappa shape index (κ1) is 31.8. The van der Waals surface area contributed by atoms with Gasteiger partial charge in [-0.2, -0.15) is 23.9 Å². The zero-order valence-electron chi connectivity index (χ0n) is 24.1. The first-order valence-corrected chi connectivity index (χ1v) is 15.0. The van der Waals surface area contributed by atoms with Gasteiger partial charge < -0.3 is 9.64 Å². The van der Waals surface area contributed by atoms with Gasteiger partial charge in [0.15, 0.2) is 5.79 Å². The molecule has 43 heavy (non-hydrogen) atoms. The highest BCUT2D eigenvalue weighted by atomic mass is 32.2. The van der Waals surface area contributed by atoms with Gasteiger partial charge in [0.1, 0.15) is 0 Å². The number of ether oxygens (including phenoxy) is 1. The number of esters is 1. The number of halogens is 3. The molecule has 1 N–H and O–H groups in total. The quantitative estimate of drug-likeness (QED) is 0.442. The van der Waals surface area contributed by atoms with Crippen molar-refractivity contribution in [2.75, 3.05) is 38.4 Å². The van der Waals surface area contributed by atoms with Crippen molar-refractivity contribution in [1.82, 2.24) is 19.6 Å². The molecular formula is C28H31F3N6O5S. The summed E-state index contributed by atoms with van der Waals surface area (Å²) in [6.45, 7) is 3.29. The maximum Gasteiger partial charge on any atom is 0.416 e. The Morgan fingerprint density at radius 1 is 1.21 bits per heavy atom. The molecule has 11 nitrogen and oxygen atoms in total. The van der Waals surface area contributed by atoms with E-state index in [9.17, 15) is 36.4 Å². The van der Waals surface area contributed by atoms with Crippen LogP contribution >= 0.6 is 0 Å². The second-order valence-corrected chi connectivity index (χ2v) is 12.5. The molecule has 2 atom stereocenters. The maximum atomic E-state index is 14.1. The summed E-state index contributed by atoms with van der Waals surface area (Å²) in [5.41, 5.74) is 3.29. The number of sulfonamides is 1. The fraction of sp³-hybridized carbons (Fsp3) is 0.393. The minimum Gasteiger partial charge on any atom is -0.466 e. The number of nitrogens with one attached hydrogen (secondary N) is 1. The molecule has 0 aliphatic carbocycles. The van der Waals surface area contributed by atoms with Gasteiger partial charge in [0, 0.05) is 31.5 Å². The lowest BCUT2D eigenvalue weighted by Crippen LogP contribution is -2.66. The van der Waals surface area contributed by atoms with Gasteiger partial charge in [-0.05, 0) is 56.2 Å². The summed E-state index contributed by atoms with van der Waals surface area (Å²) >= 11 is 0. The third-order valence-corrected chi connectivity index (χ3v) is 8.87. The van der Waals surface area contributed by atoms with Gasteiger partial charge in [-0.15, -0.1) is 0 Å². The summed E-state index contributed by atoms with van der Waals surface area (Å²) in [7, 11) is -0.895. The third-order valence-electron chi connectivity index (χ3n) is 7.56. The van der Waals surface area contributed by atoms with Gasteiger partial charge in [-0.1, -0.05) is 18.2 Å². The van der Waals surface area contributed by atoms with Crippen molar-refractivity contribution in [2.45, 2.75) is 38.3 Å². The molecule has 0 aromatic heterocycles. The number of hydrazine groups is 1. The molecule has 0 spiro atoms. The van der Waals surface area contributed by atoms with Crippen molar-refractivity contribution in [3.8, 4) is 6.07 Å². The lowest BCUT2D eigenvalue weighted by Gasteiger charge is -2.52. The summed E-state index contributed by atoms with van der Waals surface area (Å²) < 4.78 is 71.2. The molecule has 4 rings (SSSR count). The van der Waals surface area contributed by atoms with E-state index in [1.807, 2.05) is 6.07 Å². The summed E-state index contributed by atoms with van der Waals surface area (Å²) in [6.07, 6.45) is -3.37. The molecule has 2 heterocycles. The van der Waals surface area contributed by atoms with E-state index in [0.29, 0.717) is 11.1 Å². The monoisotopic (exact) mass is 620 g/mol. The van der Waals surface area contributed by atoms with E-state index < -0.39 is 45.6 Å². The van der Waals surface area contributed by atoms with Crippen LogP contribution in [-0.4, -0.2) is 73.9 Å². The van der Waals surface area contributed by atoms with E-state index in [4.69, 9.17) is 4.74 Å². The van der Waals surface area contributed by atoms with Crippen LogP contribution in [0.5, 0.6) is 0 Å². The highest BCUT2D eigenvalue weighted by molar-refractivity contribution is 7.88. The normalized spacial score (nSPS) is 20.9. The first-order chi connectivity index (χ1) is 20.0. The first-order valence-electron chi connectivity index (χ1n) is 13.1. The van der Waals surface area contributed by atoms with Gasteiger partial charge in [-0.3, -0.25) is 9.91 Å². The van der Waals surface area contributed by atoms with Crippen LogP contribution in [-0.2, 0) is 25.7 Å². The number of amides is 2. The van der Waals surface area contributed by atoms with Gasteiger partial charge in [-0.25, -0.2) is 22.3 Å². The minimum atomic E-state index is -4.66. The van der Waals surface area contributed by atoms with Crippen LogP contribution in [0.4, 0.5) is 23.7 Å². The molecule has 2 aromatic carbocycles. The van der Waals surface area contributed by atoms with Crippen LogP contribution in [0.15, 0.2) is 59.8 Å². The largest absolute Gasteiger partial charge is 0.466 e. The Kier molecular flexibility index (Phi) is 8.51. The van der Waals surface area contributed by atoms with E-state index in [0.717, 1.165) is 29.8 Å². The van der Waals surface area contributed by atoms with Crippen molar-refractivity contribution in [2.24, 2.45) is 0 Å². The number of hydrogen-bond acceptors (Lipinski definition) is 8. The van der Waals surface area contributed by atoms with Crippen LogP contribution in [0.25, 0.3) is 0 Å². The van der Waals surface area contributed by atoms with Crippen molar-refractivity contribution in [1.29, 1.82) is 5.26 Å². The number of hydrogen-bond donors (Lipinski definition) is 1. The maximum absolute atomic E-state index is 14.1. The predicted molar refractivity (Wildman–Crippen MR) is 150 cm³/mol. The highest BCUT2D eigenvalue weighted by Crippen LogP contribution is 2.48. The zero-order valence-corrected chi connectivity index (χ0v) is 25.0. The average Bonchev–Trinajstić information content (AvgIpc) is 3.20. The predicted octanol–water partition coefficient (Wildman–Crippen LogP) is 3.78. The molecule has 15 heteroatoms. The number of allylic oxidation sites excluding steroid dienone is 1. The second-order valence-electron chi connectivity index (χ2n) is 10.4. The van der Waals surface area contributed by atoms with Crippen LogP contribution in [0.3, 0.4) is 0 Å². The molecule has 0 bridgehead atoms. The number of nitrogens with zero attached hydrogens (tertiary/aromatic N) is 5. The van der Waals surface area contributed by atoms with Crippen LogP contribution < -0.4 is 10.3 Å². The number of methoxy groups -OCH3 is 1. The van der Waals surface area contributed by atoms with Crippen molar-refractivity contribution < 1.29 is 35.9 Å². The Labute approximate surface area is 247 Å². The van der Waals surface area contributed by atoms with Crippen molar-refractivity contribution >= 4 is 27.7 Å². The average molecular weight is 621 g/mol. The molecule has 0 radical (unpaired) electrons. The Hall–Kier alpha value is -4.13. The molecule has 230 valence electrons.